The summed E-state index contributed by atoms with van der Waals surface area (Å²) in [6.07, 6.45) is 9.27. The Morgan fingerprint density at radius 1 is 0.933 bits per heavy atom. The predicted molar refractivity (Wildman–Crippen MR) is 62.6 cm³/mol. The van der Waals surface area contributed by atoms with Crippen LogP contribution in [0.5, 0.6) is 0 Å². The first-order valence-corrected chi connectivity index (χ1v) is 5.74. The summed E-state index contributed by atoms with van der Waals surface area (Å²) in [4.78, 5) is 0. The summed E-state index contributed by atoms with van der Waals surface area (Å²) in [6, 6.07) is 10.1. The quantitative estimate of drug-likeness (QED) is 0.692. The average molecular weight is 202 g/mol. The van der Waals surface area contributed by atoms with Gasteiger partial charge in [0.05, 0.1) is 5.60 Å². The Labute approximate surface area is 91.4 Å². The first kappa shape index (κ1) is 10.4. The molecule has 1 aliphatic rings. The Kier molecular flexibility index (Phi) is 3.22. The minimum atomic E-state index is -0.605. The van der Waals surface area contributed by atoms with Gasteiger partial charge in [0.1, 0.15) is 0 Å². The van der Waals surface area contributed by atoms with Crippen molar-refractivity contribution in [3.05, 3.63) is 48.0 Å². The fourth-order valence-electron chi connectivity index (χ4n) is 2.23. The molecule has 0 saturated carbocycles. The molecule has 1 unspecified atom stereocenters. The molecule has 1 aromatic carbocycles. The lowest BCUT2D eigenvalue weighted by Gasteiger charge is -2.29. The molecule has 0 saturated heterocycles. The van der Waals surface area contributed by atoms with Gasteiger partial charge in [0.25, 0.3) is 0 Å². The van der Waals surface area contributed by atoms with E-state index >= 15 is 0 Å². The van der Waals surface area contributed by atoms with Crippen molar-refractivity contribution >= 4 is 0 Å². The topological polar surface area (TPSA) is 20.2 Å². The van der Waals surface area contributed by atoms with Crippen molar-refractivity contribution in [3.63, 3.8) is 0 Å². The van der Waals surface area contributed by atoms with Gasteiger partial charge in [0, 0.05) is 0 Å². The van der Waals surface area contributed by atoms with E-state index in [2.05, 4.69) is 12.2 Å². The van der Waals surface area contributed by atoms with E-state index in [0.717, 1.165) is 37.7 Å². The summed E-state index contributed by atoms with van der Waals surface area (Å²) >= 11 is 0. The normalized spacial score (nSPS) is 29.1. The minimum Gasteiger partial charge on any atom is -0.385 e. The van der Waals surface area contributed by atoms with Crippen molar-refractivity contribution in [1.82, 2.24) is 0 Å². The molecule has 0 bridgehead atoms. The third-order valence-electron chi connectivity index (χ3n) is 3.16. The molecular weight excluding hydrogens is 184 g/mol. The fraction of sp³-hybridized carbons (Fsp3) is 0.429. The number of hydrogen-bond acceptors (Lipinski definition) is 1. The molecule has 0 radical (unpaired) electrons. The summed E-state index contributed by atoms with van der Waals surface area (Å²) in [7, 11) is 0. The summed E-state index contributed by atoms with van der Waals surface area (Å²) in [5, 5.41) is 10.6. The molecule has 1 aliphatic carbocycles. The Balaban J connectivity index is 2.20. The highest BCUT2D eigenvalue weighted by molar-refractivity contribution is 5.22. The zero-order chi connectivity index (χ0) is 10.6. The van der Waals surface area contributed by atoms with E-state index in [1.165, 1.54) is 0 Å². The molecule has 1 N–H and O–H groups in total. The van der Waals surface area contributed by atoms with Crippen molar-refractivity contribution in [1.29, 1.82) is 0 Å². The molecule has 1 atom stereocenters. The lowest BCUT2D eigenvalue weighted by atomic mass is 9.83. The smallest absolute Gasteiger partial charge is 0.0899 e. The standard InChI is InChI=1S/C14H18O/c15-14(13-9-5-4-6-10-13)11-7-2-1-3-8-12-14/h1-2,4-6,9-10,15H,3,7-8,11-12H2/b2-1-. The van der Waals surface area contributed by atoms with Crippen LogP contribution in [-0.2, 0) is 5.60 Å². The van der Waals surface area contributed by atoms with E-state index in [-0.39, 0.29) is 0 Å². The molecule has 1 nitrogen and oxygen atoms in total. The molecule has 0 heterocycles. The lowest BCUT2D eigenvalue weighted by molar-refractivity contribution is 0.0167. The number of allylic oxidation sites excluding steroid dienone is 2. The van der Waals surface area contributed by atoms with E-state index in [0.29, 0.717) is 0 Å². The number of benzene rings is 1. The Morgan fingerprint density at radius 3 is 2.47 bits per heavy atom. The molecular formula is C14H18O. The summed E-state index contributed by atoms with van der Waals surface area (Å²) in [5.41, 5.74) is 0.465. The van der Waals surface area contributed by atoms with Crippen molar-refractivity contribution in [2.75, 3.05) is 0 Å². The molecule has 0 aromatic heterocycles. The maximum atomic E-state index is 10.6. The third-order valence-corrected chi connectivity index (χ3v) is 3.16. The Hall–Kier alpha value is -1.08. The molecule has 0 fully saturated rings. The van der Waals surface area contributed by atoms with E-state index in [9.17, 15) is 5.11 Å². The maximum absolute atomic E-state index is 10.6. The minimum absolute atomic E-state index is 0.605. The van der Waals surface area contributed by atoms with Gasteiger partial charge in [-0.2, -0.15) is 0 Å². The van der Waals surface area contributed by atoms with Crippen molar-refractivity contribution in [3.8, 4) is 0 Å². The average Bonchev–Trinajstić information content (AvgIpc) is 2.25. The molecule has 0 spiro atoms. The van der Waals surface area contributed by atoms with Gasteiger partial charge in [-0.05, 0) is 37.7 Å². The first-order chi connectivity index (χ1) is 7.31. The van der Waals surface area contributed by atoms with Gasteiger partial charge in [-0.3, -0.25) is 0 Å². The summed E-state index contributed by atoms with van der Waals surface area (Å²) in [5.74, 6) is 0. The summed E-state index contributed by atoms with van der Waals surface area (Å²) < 4.78 is 0. The van der Waals surface area contributed by atoms with Gasteiger partial charge in [-0.15, -0.1) is 0 Å². The van der Waals surface area contributed by atoms with Crippen LogP contribution < -0.4 is 0 Å². The van der Waals surface area contributed by atoms with Crippen LogP contribution in [0.4, 0.5) is 0 Å². The molecule has 0 amide bonds. The SMILES string of the molecule is OC1(c2ccccc2)CC/C=C\CCC1. The van der Waals surface area contributed by atoms with E-state index < -0.39 is 5.60 Å². The number of hydrogen-bond donors (Lipinski definition) is 1. The Morgan fingerprint density at radius 2 is 1.67 bits per heavy atom. The predicted octanol–water partition coefficient (Wildman–Crippen LogP) is 3.39. The van der Waals surface area contributed by atoms with Crippen molar-refractivity contribution in [2.24, 2.45) is 0 Å². The highest BCUT2D eigenvalue weighted by Gasteiger charge is 2.27. The molecule has 15 heavy (non-hydrogen) atoms. The maximum Gasteiger partial charge on any atom is 0.0899 e. The van der Waals surface area contributed by atoms with Crippen LogP contribution >= 0.6 is 0 Å². The van der Waals surface area contributed by atoms with Gasteiger partial charge in [-0.1, -0.05) is 42.5 Å². The zero-order valence-corrected chi connectivity index (χ0v) is 9.02. The van der Waals surface area contributed by atoms with Crippen LogP contribution in [-0.4, -0.2) is 5.11 Å². The molecule has 1 aromatic rings. The van der Waals surface area contributed by atoms with E-state index in [1.54, 1.807) is 0 Å². The highest BCUT2D eigenvalue weighted by Crippen LogP contribution is 2.33. The second kappa shape index (κ2) is 4.63. The monoisotopic (exact) mass is 202 g/mol. The van der Waals surface area contributed by atoms with Crippen LogP contribution in [0.25, 0.3) is 0 Å². The zero-order valence-electron chi connectivity index (χ0n) is 9.02. The van der Waals surface area contributed by atoms with Crippen LogP contribution in [0.2, 0.25) is 0 Å². The van der Waals surface area contributed by atoms with Crippen LogP contribution in [0, 0.1) is 0 Å². The lowest BCUT2D eigenvalue weighted by Crippen LogP contribution is -2.25. The van der Waals surface area contributed by atoms with Crippen LogP contribution in [0.1, 0.15) is 37.7 Å². The second-order valence-corrected chi connectivity index (χ2v) is 4.30. The van der Waals surface area contributed by atoms with Crippen LogP contribution in [0.15, 0.2) is 42.5 Å². The van der Waals surface area contributed by atoms with Gasteiger partial charge in [0.15, 0.2) is 0 Å². The highest BCUT2D eigenvalue weighted by atomic mass is 16.3. The van der Waals surface area contributed by atoms with E-state index in [1.807, 2.05) is 30.3 Å². The third kappa shape index (κ3) is 2.48. The van der Waals surface area contributed by atoms with Gasteiger partial charge < -0.3 is 5.11 Å². The molecule has 0 aliphatic heterocycles. The number of aliphatic hydroxyl groups is 1. The van der Waals surface area contributed by atoms with Crippen molar-refractivity contribution in [2.45, 2.75) is 37.7 Å². The van der Waals surface area contributed by atoms with Gasteiger partial charge in [0.2, 0.25) is 0 Å². The first-order valence-electron chi connectivity index (χ1n) is 5.74. The van der Waals surface area contributed by atoms with E-state index in [4.69, 9.17) is 0 Å². The second-order valence-electron chi connectivity index (χ2n) is 4.30. The van der Waals surface area contributed by atoms with Gasteiger partial charge in [-0.25, -0.2) is 0 Å². The molecule has 2 rings (SSSR count). The molecule has 80 valence electrons. The van der Waals surface area contributed by atoms with Crippen molar-refractivity contribution < 1.29 is 5.11 Å². The summed E-state index contributed by atoms with van der Waals surface area (Å²) in [6.45, 7) is 0. The number of rotatable bonds is 1. The molecule has 1 heteroatoms. The fourth-order valence-corrected chi connectivity index (χ4v) is 2.23. The van der Waals surface area contributed by atoms with Gasteiger partial charge >= 0.3 is 0 Å². The largest absolute Gasteiger partial charge is 0.385 e. The van der Waals surface area contributed by atoms with Crippen LogP contribution in [0.3, 0.4) is 0 Å². The Bertz CT molecular complexity index is 328.